The van der Waals surface area contributed by atoms with E-state index in [0.717, 1.165) is 0 Å². The number of pyridine rings is 1. The number of nitrogens with one attached hydrogen (secondary N) is 2. The predicted octanol–water partition coefficient (Wildman–Crippen LogP) is 5.07. The molecule has 216 valence electrons. The van der Waals surface area contributed by atoms with Gasteiger partial charge in [-0.05, 0) is 48.9 Å². The lowest BCUT2D eigenvalue weighted by atomic mass is 9.87. The van der Waals surface area contributed by atoms with Crippen LogP contribution in [0.4, 0.5) is 8.78 Å². The molecule has 0 spiro atoms. The van der Waals surface area contributed by atoms with Crippen molar-refractivity contribution < 1.29 is 23.4 Å². The Kier molecular flexibility index (Phi) is 7.56. The minimum atomic E-state index is -3.08. The van der Waals surface area contributed by atoms with Crippen LogP contribution in [0.15, 0.2) is 67.1 Å². The number of alkyl halides is 2. The van der Waals surface area contributed by atoms with Crippen molar-refractivity contribution in [2.75, 3.05) is 13.2 Å². The molecule has 6 rings (SSSR count). The largest absolute Gasteiger partial charge is 0.490 e. The number of imidazole rings is 1. The van der Waals surface area contributed by atoms with Crippen LogP contribution in [0.2, 0.25) is 5.02 Å². The van der Waals surface area contributed by atoms with Crippen LogP contribution in [0.5, 0.6) is 5.75 Å². The van der Waals surface area contributed by atoms with Crippen LogP contribution in [0.1, 0.15) is 35.8 Å². The Balaban J connectivity index is 1.45. The number of benzene rings is 2. The van der Waals surface area contributed by atoms with E-state index in [2.05, 4.69) is 25.5 Å². The quantitative estimate of drug-likeness (QED) is 0.229. The number of aromatic amines is 1. The number of H-pyrrole nitrogens is 1. The molecule has 1 amide bonds. The van der Waals surface area contributed by atoms with Crippen molar-refractivity contribution in [3.63, 3.8) is 0 Å². The van der Waals surface area contributed by atoms with Crippen LogP contribution in [-0.4, -0.2) is 65.9 Å². The number of amides is 1. The number of para-hydroxylation sites is 1. The number of aromatic nitrogens is 6. The van der Waals surface area contributed by atoms with Gasteiger partial charge in [0.05, 0.1) is 23.2 Å². The van der Waals surface area contributed by atoms with Crippen LogP contribution in [-0.2, 0) is 0 Å². The van der Waals surface area contributed by atoms with Gasteiger partial charge in [-0.15, -0.1) is 0 Å². The molecule has 10 nitrogen and oxygen atoms in total. The lowest BCUT2D eigenvalue weighted by Gasteiger charge is -2.36. The Morgan fingerprint density at radius 1 is 1.17 bits per heavy atom. The minimum absolute atomic E-state index is 0.0494. The van der Waals surface area contributed by atoms with Crippen molar-refractivity contribution in [2.45, 2.75) is 37.3 Å². The van der Waals surface area contributed by atoms with Crippen molar-refractivity contribution >= 4 is 28.5 Å². The third kappa shape index (κ3) is 5.68. The lowest BCUT2D eigenvalue weighted by molar-refractivity contribution is -0.0584. The first-order valence-corrected chi connectivity index (χ1v) is 13.7. The van der Waals surface area contributed by atoms with Crippen molar-refractivity contribution in [2.24, 2.45) is 0 Å². The molecular weight excluding hydrogens is 568 g/mol. The maximum atomic E-state index is 15.4. The summed E-state index contributed by atoms with van der Waals surface area (Å²) in [6, 6.07) is 13.9. The first-order chi connectivity index (χ1) is 20.3. The number of rotatable bonds is 8. The molecule has 42 heavy (non-hydrogen) atoms. The molecule has 1 saturated carbocycles. The number of carbonyl (C=O) groups excluding carboxylic acids is 1. The van der Waals surface area contributed by atoms with Crippen LogP contribution in [0.25, 0.3) is 33.8 Å². The zero-order valence-electron chi connectivity index (χ0n) is 22.2. The molecule has 3 N–H and O–H groups in total. The summed E-state index contributed by atoms with van der Waals surface area (Å²) in [5.74, 6) is -2.25. The molecule has 1 aliphatic rings. The Morgan fingerprint density at radius 2 is 2.02 bits per heavy atom. The minimum Gasteiger partial charge on any atom is -0.490 e. The maximum absolute atomic E-state index is 15.4. The van der Waals surface area contributed by atoms with Gasteiger partial charge in [0.2, 0.25) is 0 Å². The fourth-order valence-corrected chi connectivity index (χ4v) is 5.62. The zero-order valence-corrected chi connectivity index (χ0v) is 22.9. The molecule has 3 heterocycles. The average Bonchev–Trinajstić information content (AvgIpc) is 3.63. The molecule has 5 aromatic rings. The molecule has 1 fully saturated rings. The summed E-state index contributed by atoms with van der Waals surface area (Å²) in [6.07, 6.45) is 2.02. The Hall–Kier alpha value is -4.42. The number of hydrogen-bond donors (Lipinski definition) is 3. The van der Waals surface area contributed by atoms with Gasteiger partial charge in [0.15, 0.2) is 5.82 Å². The number of hydrogen-bond acceptors (Lipinski definition) is 7. The van der Waals surface area contributed by atoms with Gasteiger partial charge in [-0.1, -0.05) is 23.7 Å². The summed E-state index contributed by atoms with van der Waals surface area (Å²) in [6.45, 7) is -0.136. The van der Waals surface area contributed by atoms with Crippen molar-refractivity contribution in [1.82, 2.24) is 35.0 Å². The van der Waals surface area contributed by atoms with E-state index in [1.807, 2.05) is 12.1 Å². The van der Waals surface area contributed by atoms with E-state index in [9.17, 15) is 9.90 Å². The number of aliphatic hydroxyl groups excluding tert-OH is 1. The standard InChI is InChI=1S/C29H26ClF2N7O3/c30-18-7-8-33-23(12-18)28(41)36-19-13-20(15-29(31,32)14-19)39-24-11-17(26-34-16-35-38-26)5-6-22(24)37-27(39)21-3-1-2-4-25(21)42-10-9-40/h1-8,11-12,16,19-20,40H,9-10,13-15H2,(H,36,41)(H,34,35,38)/t19-,20+/m1/s1. The van der Waals surface area contributed by atoms with Gasteiger partial charge in [0, 0.05) is 41.7 Å². The van der Waals surface area contributed by atoms with E-state index in [1.54, 1.807) is 34.9 Å². The Bertz CT molecular complexity index is 1730. The number of aliphatic hydroxyl groups is 1. The first-order valence-electron chi connectivity index (χ1n) is 13.3. The first kappa shape index (κ1) is 27.7. The van der Waals surface area contributed by atoms with Crippen LogP contribution < -0.4 is 10.1 Å². The van der Waals surface area contributed by atoms with E-state index in [4.69, 9.17) is 21.3 Å². The highest BCUT2D eigenvalue weighted by molar-refractivity contribution is 6.30. The maximum Gasteiger partial charge on any atom is 0.270 e. The van der Waals surface area contributed by atoms with Gasteiger partial charge >= 0.3 is 0 Å². The molecular formula is C29H26ClF2N7O3. The SMILES string of the molecule is O=C(N[C@@H]1C[C@H](n2c(-c3ccccc3OCCO)nc3ccc(-c4ncn[nH]4)cc32)CC(F)(F)C1)c1cc(Cl)ccn1. The van der Waals surface area contributed by atoms with Crippen LogP contribution >= 0.6 is 11.6 Å². The zero-order chi connectivity index (χ0) is 29.3. The van der Waals surface area contributed by atoms with Crippen molar-refractivity contribution in [1.29, 1.82) is 0 Å². The average molecular weight is 594 g/mol. The van der Waals surface area contributed by atoms with E-state index < -0.39 is 36.8 Å². The Morgan fingerprint density at radius 3 is 2.81 bits per heavy atom. The van der Waals surface area contributed by atoms with Gasteiger partial charge in [-0.2, -0.15) is 5.10 Å². The summed E-state index contributed by atoms with van der Waals surface area (Å²) in [7, 11) is 0. The number of ether oxygens (including phenoxy) is 1. The van der Waals surface area contributed by atoms with Gasteiger partial charge in [0.1, 0.15) is 30.2 Å². The number of carbonyl (C=O) groups is 1. The predicted molar refractivity (Wildman–Crippen MR) is 151 cm³/mol. The van der Waals surface area contributed by atoms with E-state index in [-0.39, 0.29) is 25.3 Å². The van der Waals surface area contributed by atoms with Gasteiger partial charge < -0.3 is 19.7 Å². The number of halogens is 3. The second kappa shape index (κ2) is 11.5. The highest BCUT2D eigenvalue weighted by Gasteiger charge is 2.43. The highest BCUT2D eigenvalue weighted by atomic mass is 35.5. The summed E-state index contributed by atoms with van der Waals surface area (Å²) >= 11 is 6.01. The second-order valence-corrected chi connectivity index (χ2v) is 10.5. The van der Waals surface area contributed by atoms with Gasteiger partial charge in [0.25, 0.3) is 11.8 Å². The highest BCUT2D eigenvalue weighted by Crippen LogP contribution is 2.44. The molecule has 3 aromatic heterocycles. The molecule has 0 unspecified atom stereocenters. The molecule has 2 aromatic carbocycles. The van der Waals surface area contributed by atoms with Crippen LogP contribution in [0, 0.1) is 0 Å². The third-order valence-corrected chi connectivity index (χ3v) is 7.38. The molecule has 0 bridgehead atoms. The monoisotopic (exact) mass is 593 g/mol. The Labute approximate surface area is 243 Å². The normalized spacial score (nSPS) is 18.2. The van der Waals surface area contributed by atoms with E-state index in [0.29, 0.717) is 44.6 Å². The van der Waals surface area contributed by atoms with Gasteiger partial charge in [-0.3, -0.25) is 14.9 Å². The third-order valence-electron chi connectivity index (χ3n) is 7.15. The number of fused-ring (bicyclic) bond motifs is 1. The fourth-order valence-electron chi connectivity index (χ4n) is 5.46. The molecule has 1 aliphatic carbocycles. The summed E-state index contributed by atoms with van der Waals surface area (Å²) in [5, 5.41) is 19.2. The van der Waals surface area contributed by atoms with Crippen LogP contribution in [0.3, 0.4) is 0 Å². The topological polar surface area (TPSA) is 131 Å². The van der Waals surface area contributed by atoms with Gasteiger partial charge in [-0.25, -0.2) is 18.7 Å². The summed E-state index contributed by atoms with van der Waals surface area (Å²) < 4.78 is 38.4. The van der Waals surface area contributed by atoms with E-state index >= 15 is 8.78 Å². The lowest BCUT2D eigenvalue weighted by Crippen LogP contribution is -2.45. The molecule has 2 atom stereocenters. The summed E-state index contributed by atoms with van der Waals surface area (Å²) in [5.41, 5.74) is 2.54. The molecule has 0 saturated heterocycles. The smallest absolute Gasteiger partial charge is 0.270 e. The molecule has 0 radical (unpaired) electrons. The molecule has 13 heteroatoms. The number of nitrogens with zero attached hydrogens (tertiary/aromatic N) is 5. The second-order valence-electron chi connectivity index (χ2n) is 10.1. The van der Waals surface area contributed by atoms with Crippen molar-refractivity contribution in [3.8, 4) is 28.5 Å². The fraction of sp³-hybridized carbons (Fsp3) is 0.276. The molecule has 0 aliphatic heterocycles. The van der Waals surface area contributed by atoms with Crippen molar-refractivity contribution in [3.05, 3.63) is 77.8 Å². The summed E-state index contributed by atoms with van der Waals surface area (Å²) in [4.78, 5) is 26.1. The van der Waals surface area contributed by atoms with E-state index in [1.165, 1.54) is 24.7 Å².